The molecule has 2 aromatic heterocycles. The summed E-state index contributed by atoms with van der Waals surface area (Å²) in [5.41, 5.74) is 11.7. The molecule has 0 saturated carbocycles. The molecule has 0 radical (unpaired) electrons. The number of nitrogens with two attached hydrogens (primary N) is 1. The van der Waals surface area contributed by atoms with Crippen LogP contribution in [0.15, 0.2) is 60.8 Å². The molecule has 0 aliphatic carbocycles. The standard InChI is InChI=1S/C24H24N6O/c1-29-12-14-30(15-13-29)24(31)18-4-2-17(3-5-18)22-27-21-20(10-11-26-23(21)28-22)16-6-8-19(25)9-7-16/h2-11H,12-15,25H2,1H3,(H,26,27,28). The molecule has 4 aromatic rings. The summed E-state index contributed by atoms with van der Waals surface area (Å²) in [5, 5.41) is 0. The van der Waals surface area contributed by atoms with Gasteiger partial charge in [-0.2, -0.15) is 0 Å². The molecule has 0 unspecified atom stereocenters. The average Bonchev–Trinajstić information content (AvgIpc) is 3.24. The van der Waals surface area contributed by atoms with Crippen molar-refractivity contribution in [1.29, 1.82) is 0 Å². The van der Waals surface area contributed by atoms with Crippen molar-refractivity contribution in [2.24, 2.45) is 0 Å². The number of fused-ring (bicyclic) bond motifs is 1. The van der Waals surface area contributed by atoms with Gasteiger partial charge in [0, 0.05) is 54.8 Å². The Bertz CT molecular complexity index is 1220. The molecule has 1 fully saturated rings. The van der Waals surface area contributed by atoms with Gasteiger partial charge in [-0.15, -0.1) is 0 Å². The number of imidazole rings is 1. The minimum atomic E-state index is 0.0801. The van der Waals surface area contributed by atoms with E-state index in [2.05, 4.69) is 21.9 Å². The van der Waals surface area contributed by atoms with E-state index in [1.165, 1.54) is 0 Å². The Labute approximate surface area is 180 Å². The molecule has 7 nitrogen and oxygen atoms in total. The molecule has 1 aliphatic rings. The maximum Gasteiger partial charge on any atom is 0.253 e. The highest BCUT2D eigenvalue weighted by molar-refractivity contribution is 5.95. The smallest absolute Gasteiger partial charge is 0.253 e. The van der Waals surface area contributed by atoms with Gasteiger partial charge in [0.25, 0.3) is 5.91 Å². The predicted octanol–water partition coefficient (Wildman–Crippen LogP) is 3.26. The Morgan fingerprint density at radius 1 is 0.935 bits per heavy atom. The third-order valence-corrected chi connectivity index (χ3v) is 5.80. The summed E-state index contributed by atoms with van der Waals surface area (Å²) in [6, 6.07) is 17.3. The van der Waals surface area contributed by atoms with Gasteiger partial charge in [0.2, 0.25) is 0 Å². The molecule has 0 atom stereocenters. The molecular weight excluding hydrogens is 388 g/mol. The second-order valence-corrected chi connectivity index (χ2v) is 7.94. The topological polar surface area (TPSA) is 91.1 Å². The maximum absolute atomic E-state index is 12.8. The molecule has 1 amide bonds. The van der Waals surface area contributed by atoms with E-state index in [0.29, 0.717) is 5.56 Å². The number of aromatic nitrogens is 3. The van der Waals surface area contributed by atoms with Gasteiger partial charge in [0.15, 0.2) is 5.65 Å². The second-order valence-electron chi connectivity index (χ2n) is 7.94. The second kappa shape index (κ2) is 7.85. The van der Waals surface area contributed by atoms with Crippen molar-refractivity contribution >= 4 is 22.8 Å². The summed E-state index contributed by atoms with van der Waals surface area (Å²) in [5.74, 6) is 0.806. The van der Waals surface area contributed by atoms with Gasteiger partial charge < -0.3 is 20.5 Å². The number of aromatic amines is 1. The first-order valence-corrected chi connectivity index (χ1v) is 10.4. The number of nitrogens with one attached hydrogen (secondary N) is 1. The van der Waals surface area contributed by atoms with Crippen LogP contribution in [-0.2, 0) is 0 Å². The van der Waals surface area contributed by atoms with Gasteiger partial charge in [0.1, 0.15) is 11.3 Å². The largest absolute Gasteiger partial charge is 0.399 e. The third kappa shape index (κ3) is 3.75. The molecule has 156 valence electrons. The van der Waals surface area contributed by atoms with Crippen molar-refractivity contribution in [2.75, 3.05) is 39.0 Å². The number of piperazine rings is 1. The summed E-state index contributed by atoms with van der Waals surface area (Å²) >= 11 is 0. The Hall–Kier alpha value is -3.71. The lowest BCUT2D eigenvalue weighted by Gasteiger charge is -2.32. The van der Waals surface area contributed by atoms with Crippen molar-refractivity contribution in [3.63, 3.8) is 0 Å². The molecular formula is C24H24N6O. The van der Waals surface area contributed by atoms with Crippen LogP contribution in [0.4, 0.5) is 5.69 Å². The van der Waals surface area contributed by atoms with Crippen LogP contribution >= 0.6 is 0 Å². The molecule has 7 heteroatoms. The molecule has 3 heterocycles. The zero-order chi connectivity index (χ0) is 21.4. The number of anilines is 1. The van der Waals surface area contributed by atoms with Crippen LogP contribution in [0.25, 0.3) is 33.7 Å². The fourth-order valence-corrected chi connectivity index (χ4v) is 3.91. The van der Waals surface area contributed by atoms with Crippen LogP contribution in [0.5, 0.6) is 0 Å². The van der Waals surface area contributed by atoms with Gasteiger partial charge >= 0.3 is 0 Å². The molecule has 0 spiro atoms. The van der Waals surface area contributed by atoms with Gasteiger partial charge in [-0.1, -0.05) is 24.3 Å². The van der Waals surface area contributed by atoms with E-state index in [1.54, 1.807) is 6.20 Å². The number of likely N-dealkylation sites (N-methyl/N-ethyl adjacent to an activating group) is 1. The average molecular weight is 412 g/mol. The fraction of sp³-hybridized carbons (Fsp3) is 0.208. The SMILES string of the molecule is CN1CCN(C(=O)c2ccc(-c3nc4c(-c5ccc(N)cc5)ccnc4[nH]3)cc2)CC1. The summed E-state index contributed by atoms with van der Waals surface area (Å²) in [6.45, 7) is 3.35. The zero-order valence-electron chi connectivity index (χ0n) is 17.4. The highest BCUT2D eigenvalue weighted by atomic mass is 16.2. The van der Waals surface area contributed by atoms with Crippen molar-refractivity contribution in [2.45, 2.75) is 0 Å². The Morgan fingerprint density at radius 3 is 2.32 bits per heavy atom. The quantitative estimate of drug-likeness (QED) is 0.504. The number of nitrogens with zero attached hydrogens (tertiary/aromatic N) is 4. The summed E-state index contributed by atoms with van der Waals surface area (Å²) in [4.78, 5) is 29.5. The normalized spacial score (nSPS) is 14.8. The van der Waals surface area contributed by atoms with Gasteiger partial charge in [-0.3, -0.25) is 4.79 Å². The number of carbonyl (C=O) groups excluding carboxylic acids is 1. The highest BCUT2D eigenvalue weighted by Crippen LogP contribution is 2.29. The van der Waals surface area contributed by atoms with E-state index in [-0.39, 0.29) is 5.91 Å². The van der Waals surface area contributed by atoms with E-state index in [0.717, 1.165) is 65.5 Å². The molecule has 31 heavy (non-hydrogen) atoms. The first-order chi connectivity index (χ1) is 15.1. The number of rotatable bonds is 3. The molecule has 0 bridgehead atoms. The van der Waals surface area contributed by atoms with Crippen molar-refractivity contribution in [1.82, 2.24) is 24.8 Å². The third-order valence-electron chi connectivity index (χ3n) is 5.80. The monoisotopic (exact) mass is 412 g/mol. The maximum atomic E-state index is 12.8. The minimum absolute atomic E-state index is 0.0801. The summed E-state index contributed by atoms with van der Waals surface area (Å²) in [7, 11) is 2.08. The lowest BCUT2D eigenvalue weighted by atomic mass is 10.1. The Balaban J connectivity index is 1.43. The number of H-pyrrole nitrogens is 1. The molecule has 1 saturated heterocycles. The van der Waals surface area contributed by atoms with Gasteiger partial charge in [-0.05, 0) is 42.9 Å². The minimum Gasteiger partial charge on any atom is -0.399 e. The van der Waals surface area contributed by atoms with Crippen molar-refractivity contribution < 1.29 is 4.79 Å². The van der Waals surface area contributed by atoms with Gasteiger partial charge in [-0.25, -0.2) is 9.97 Å². The van der Waals surface area contributed by atoms with E-state index < -0.39 is 0 Å². The molecule has 5 rings (SSSR count). The number of pyridine rings is 1. The number of nitrogen functional groups attached to an aromatic ring is 1. The van der Waals surface area contributed by atoms with Crippen LogP contribution < -0.4 is 5.73 Å². The molecule has 2 aromatic carbocycles. The zero-order valence-corrected chi connectivity index (χ0v) is 17.4. The van der Waals surface area contributed by atoms with E-state index >= 15 is 0 Å². The predicted molar refractivity (Wildman–Crippen MR) is 123 cm³/mol. The first-order valence-electron chi connectivity index (χ1n) is 10.4. The van der Waals surface area contributed by atoms with Crippen LogP contribution in [0, 0.1) is 0 Å². The number of hydrogen-bond acceptors (Lipinski definition) is 5. The fourth-order valence-electron chi connectivity index (χ4n) is 3.91. The Morgan fingerprint density at radius 2 is 1.61 bits per heavy atom. The highest BCUT2D eigenvalue weighted by Gasteiger charge is 2.20. The molecule has 3 N–H and O–H groups in total. The lowest BCUT2D eigenvalue weighted by Crippen LogP contribution is -2.47. The van der Waals surface area contributed by atoms with Crippen LogP contribution in [0.1, 0.15) is 10.4 Å². The number of benzene rings is 2. The number of hydrogen-bond donors (Lipinski definition) is 2. The van der Waals surface area contributed by atoms with Crippen molar-refractivity contribution in [3.8, 4) is 22.5 Å². The summed E-state index contributed by atoms with van der Waals surface area (Å²) < 4.78 is 0. The van der Waals surface area contributed by atoms with Crippen LogP contribution in [-0.4, -0.2) is 63.9 Å². The van der Waals surface area contributed by atoms with E-state index in [4.69, 9.17) is 10.7 Å². The van der Waals surface area contributed by atoms with E-state index in [1.807, 2.05) is 59.5 Å². The van der Waals surface area contributed by atoms with Crippen LogP contribution in [0.3, 0.4) is 0 Å². The molecule has 1 aliphatic heterocycles. The van der Waals surface area contributed by atoms with Gasteiger partial charge in [0.05, 0.1) is 0 Å². The van der Waals surface area contributed by atoms with E-state index in [9.17, 15) is 4.79 Å². The van der Waals surface area contributed by atoms with Crippen molar-refractivity contribution in [3.05, 3.63) is 66.4 Å². The lowest BCUT2D eigenvalue weighted by molar-refractivity contribution is 0.0664. The Kier molecular flexibility index (Phi) is 4.88. The number of amides is 1. The first kappa shape index (κ1) is 19.3. The summed E-state index contributed by atoms with van der Waals surface area (Å²) in [6.07, 6.45) is 1.77. The van der Waals surface area contributed by atoms with Crippen LogP contribution in [0.2, 0.25) is 0 Å². The number of carbonyl (C=O) groups is 1.